The molecule has 2 nitrogen and oxygen atoms in total. The Morgan fingerprint density at radius 1 is 0.413 bits per heavy atom. The van der Waals surface area contributed by atoms with Crippen LogP contribution in [0.5, 0.6) is 0 Å². The van der Waals surface area contributed by atoms with Crippen molar-refractivity contribution in [3.05, 3.63) is 90.7 Å². The Morgan fingerprint density at radius 3 is 1.11 bits per heavy atom. The summed E-state index contributed by atoms with van der Waals surface area (Å²) in [6.07, 6.45) is 33.9. The first kappa shape index (κ1) is 54.7. The second-order valence-electron chi connectivity index (χ2n) is 18.1. The highest BCUT2D eigenvalue weighted by Crippen LogP contribution is 2.35. The van der Waals surface area contributed by atoms with E-state index in [4.69, 9.17) is 0 Å². The van der Waals surface area contributed by atoms with Crippen molar-refractivity contribution in [3.63, 3.8) is 0 Å². The van der Waals surface area contributed by atoms with E-state index in [1.165, 1.54) is 200 Å². The summed E-state index contributed by atoms with van der Waals surface area (Å²) in [6, 6.07) is 26.1. The van der Waals surface area contributed by atoms with E-state index >= 15 is 0 Å². The average molecular weight is 1230 g/mol. The molecular weight excluding hydrogens is 1150 g/mol. The van der Waals surface area contributed by atoms with E-state index < -0.39 is 0 Å². The Labute approximate surface area is 430 Å². The molecule has 63 heavy (non-hydrogen) atoms. The number of nitrogens with zero attached hydrogens (tertiary/aromatic N) is 1. The molecule has 6 aromatic rings. The minimum atomic E-state index is 0.764. The molecule has 6 rings (SSSR count). The standard InChI is InChI=1S/C28H39Br2N.C16H33I.C12H7Br2N/c1-3-5-7-9-10-12-14-22(13-11-8-6-4-2)21-31-27-19-23(29)15-17-25(27)26-18-16-24(30)20-28(26)31;1-3-5-7-9-10-12-14-16(15-17)13-11-8-6-4-2;13-7-1-3-9-10-4-2-8(14)6-12(10)15-11(9)5-7/h15-20,22H,3-14,21H2,1-2H3;16H,3-15H2,1-2H3;1-6,15H. The molecule has 0 spiro atoms. The highest BCUT2D eigenvalue weighted by molar-refractivity contribution is 14.1. The molecule has 0 amide bonds. The van der Waals surface area contributed by atoms with Crippen molar-refractivity contribution in [2.75, 3.05) is 4.43 Å². The third-order valence-electron chi connectivity index (χ3n) is 12.8. The van der Waals surface area contributed by atoms with Crippen LogP contribution in [0.15, 0.2) is 90.7 Å². The summed E-state index contributed by atoms with van der Waals surface area (Å²) in [5.41, 5.74) is 5.06. The number of aromatic nitrogens is 2. The van der Waals surface area contributed by atoms with Crippen molar-refractivity contribution >= 4 is 130 Å². The van der Waals surface area contributed by atoms with Gasteiger partial charge in [-0.15, -0.1) is 0 Å². The lowest BCUT2D eigenvalue weighted by Crippen LogP contribution is -2.11. The molecule has 0 bridgehead atoms. The third-order valence-corrected chi connectivity index (χ3v) is 16.1. The van der Waals surface area contributed by atoms with Gasteiger partial charge in [-0.3, -0.25) is 0 Å². The summed E-state index contributed by atoms with van der Waals surface area (Å²) in [4.78, 5) is 3.40. The molecule has 4 aromatic carbocycles. The lowest BCUT2D eigenvalue weighted by molar-refractivity contribution is 0.365. The summed E-state index contributed by atoms with van der Waals surface area (Å²) >= 11 is 17.0. The van der Waals surface area contributed by atoms with Crippen molar-refractivity contribution < 1.29 is 0 Å². The Hall–Kier alpha value is -0.870. The summed E-state index contributed by atoms with van der Waals surface area (Å²) in [7, 11) is 0. The van der Waals surface area contributed by atoms with E-state index in [1.54, 1.807) is 0 Å². The Morgan fingerprint density at radius 2 is 0.730 bits per heavy atom. The van der Waals surface area contributed by atoms with Crippen LogP contribution in [0.4, 0.5) is 0 Å². The van der Waals surface area contributed by atoms with E-state index in [-0.39, 0.29) is 0 Å². The van der Waals surface area contributed by atoms with Crippen LogP contribution in [0, 0.1) is 11.8 Å². The highest BCUT2D eigenvalue weighted by atomic mass is 127. The Bertz CT molecular complexity index is 2040. The van der Waals surface area contributed by atoms with Crippen LogP contribution in [0.3, 0.4) is 0 Å². The van der Waals surface area contributed by atoms with Gasteiger partial charge in [0.2, 0.25) is 0 Å². The molecule has 0 fully saturated rings. The smallest absolute Gasteiger partial charge is 0.0502 e. The van der Waals surface area contributed by atoms with Crippen LogP contribution in [-0.2, 0) is 6.54 Å². The van der Waals surface area contributed by atoms with Crippen LogP contribution in [0.25, 0.3) is 43.6 Å². The van der Waals surface area contributed by atoms with Gasteiger partial charge in [0.15, 0.2) is 0 Å². The average Bonchev–Trinajstić information content (AvgIpc) is 3.78. The quantitative estimate of drug-likeness (QED) is 0.0301. The number of halogens is 5. The predicted octanol–water partition coefficient (Wildman–Crippen LogP) is 22.3. The molecule has 0 saturated heterocycles. The molecule has 2 aromatic heterocycles. The molecule has 0 aliphatic heterocycles. The number of H-pyrrole nitrogens is 1. The zero-order valence-corrected chi connectivity index (χ0v) is 47.8. The molecule has 348 valence electrons. The van der Waals surface area contributed by atoms with Gasteiger partial charge in [0.05, 0.1) is 11.0 Å². The fraction of sp³-hybridized carbons (Fsp3) is 0.571. The molecule has 2 unspecified atom stereocenters. The summed E-state index contributed by atoms with van der Waals surface area (Å²) < 4.78 is 8.50. The van der Waals surface area contributed by atoms with Crippen molar-refractivity contribution in [3.8, 4) is 0 Å². The maximum absolute atomic E-state index is 3.71. The number of rotatable bonds is 27. The maximum atomic E-state index is 3.71. The van der Waals surface area contributed by atoms with Crippen LogP contribution >= 0.6 is 86.3 Å². The van der Waals surface area contributed by atoms with Crippen molar-refractivity contribution in [2.24, 2.45) is 11.8 Å². The van der Waals surface area contributed by atoms with Gasteiger partial charge in [-0.25, -0.2) is 0 Å². The van der Waals surface area contributed by atoms with E-state index in [2.05, 4.69) is 196 Å². The molecule has 0 aliphatic carbocycles. The number of unbranched alkanes of at least 4 members (excludes halogenated alkanes) is 16. The van der Waals surface area contributed by atoms with Crippen molar-refractivity contribution in [1.29, 1.82) is 0 Å². The molecule has 2 atom stereocenters. The number of hydrogen-bond acceptors (Lipinski definition) is 0. The van der Waals surface area contributed by atoms with Crippen LogP contribution in [0.2, 0.25) is 0 Å². The van der Waals surface area contributed by atoms with Crippen LogP contribution < -0.4 is 0 Å². The monoisotopic (exact) mass is 1220 g/mol. The second-order valence-corrected chi connectivity index (χ2v) is 22.7. The number of nitrogens with one attached hydrogen (secondary N) is 1. The molecule has 7 heteroatoms. The fourth-order valence-corrected chi connectivity index (χ4v) is 11.4. The summed E-state index contributed by atoms with van der Waals surface area (Å²) in [5.74, 6) is 1.78. The topological polar surface area (TPSA) is 20.7 Å². The normalized spacial score (nSPS) is 12.5. The zero-order chi connectivity index (χ0) is 45.2. The number of benzene rings is 4. The molecule has 2 heterocycles. The molecular formula is C56H79Br4IN2. The van der Waals surface area contributed by atoms with Gasteiger partial charge in [-0.05, 0) is 86.1 Å². The molecule has 1 N–H and O–H groups in total. The molecule has 0 saturated carbocycles. The first-order valence-electron chi connectivity index (χ1n) is 25.0. The molecule has 0 radical (unpaired) electrons. The highest BCUT2D eigenvalue weighted by Gasteiger charge is 2.17. The van der Waals surface area contributed by atoms with Crippen LogP contribution in [0.1, 0.15) is 182 Å². The summed E-state index contributed by atoms with van der Waals surface area (Å²) in [6.45, 7) is 10.3. The van der Waals surface area contributed by atoms with Gasteiger partial charge in [0.25, 0.3) is 0 Å². The zero-order valence-electron chi connectivity index (χ0n) is 39.3. The number of fused-ring (bicyclic) bond motifs is 6. The Kier molecular flexibility index (Phi) is 27.8. The first-order chi connectivity index (χ1) is 30.7. The minimum Gasteiger partial charge on any atom is -0.354 e. The summed E-state index contributed by atoms with van der Waals surface area (Å²) in [5, 5.41) is 5.27. The molecule has 0 aliphatic rings. The lowest BCUT2D eigenvalue weighted by Gasteiger charge is -2.20. The SMILES string of the molecule is Brc1ccc2c(c1)[nH]c1cc(Br)ccc12.CCCCCCCCC(CCCCCC)Cn1c2cc(Br)ccc2c2ccc(Br)cc21.CCCCCCCCC(CI)CCCCCC. The fourth-order valence-electron chi connectivity index (χ4n) is 9.12. The van der Waals surface area contributed by atoms with E-state index in [9.17, 15) is 0 Å². The van der Waals surface area contributed by atoms with Gasteiger partial charge in [0, 0.05) is 61.4 Å². The maximum Gasteiger partial charge on any atom is 0.0502 e. The van der Waals surface area contributed by atoms with Gasteiger partial charge < -0.3 is 9.55 Å². The first-order valence-corrected chi connectivity index (χ1v) is 29.7. The van der Waals surface area contributed by atoms with Gasteiger partial charge in [-0.2, -0.15) is 0 Å². The van der Waals surface area contributed by atoms with E-state index in [1.807, 2.05) is 0 Å². The van der Waals surface area contributed by atoms with Gasteiger partial charge >= 0.3 is 0 Å². The predicted molar refractivity (Wildman–Crippen MR) is 305 cm³/mol. The largest absolute Gasteiger partial charge is 0.354 e. The third kappa shape index (κ3) is 19.3. The number of aromatic amines is 1. The van der Waals surface area contributed by atoms with E-state index in [0.29, 0.717) is 0 Å². The second kappa shape index (κ2) is 32.0. The van der Waals surface area contributed by atoms with E-state index in [0.717, 1.165) is 38.4 Å². The van der Waals surface area contributed by atoms with Crippen LogP contribution in [-0.4, -0.2) is 14.0 Å². The Balaban J connectivity index is 0.000000229. The van der Waals surface area contributed by atoms with Crippen molar-refractivity contribution in [1.82, 2.24) is 9.55 Å². The lowest BCUT2D eigenvalue weighted by atomic mass is 9.94. The van der Waals surface area contributed by atoms with Gasteiger partial charge in [-0.1, -0.05) is 267 Å². The van der Waals surface area contributed by atoms with Crippen molar-refractivity contribution in [2.45, 2.75) is 188 Å². The minimum absolute atomic E-state index is 0.764. The number of alkyl halides is 1. The number of hydrogen-bond donors (Lipinski definition) is 1. The van der Waals surface area contributed by atoms with Gasteiger partial charge in [0.1, 0.15) is 0 Å².